The zero-order valence-corrected chi connectivity index (χ0v) is 6.68. The van der Waals surface area contributed by atoms with Crippen molar-refractivity contribution in [2.75, 3.05) is 6.54 Å². The van der Waals surface area contributed by atoms with Crippen LogP contribution >= 0.6 is 0 Å². The number of hydrogen-bond acceptors (Lipinski definition) is 2. The third-order valence-corrected chi connectivity index (χ3v) is 1.09. The normalized spacial score (nSPS) is 10.9. The lowest BCUT2D eigenvalue weighted by Gasteiger charge is -1.96. The number of hydrogen-bond donors (Lipinski definition) is 2. The van der Waals surface area contributed by atoms with E-state index in [2.05, 4.69) is 5.32 Å². The number of nitrogens with two attached hydrogens (primary N) is 1. The smallest absolute Gasteiger partial charge is 0.244 e. The van der Waals surface area contributed by atoms with Gasteiger partial charge in [0.2, 0.25) is 11.8 Å². The summed E-state index contributed by atoms with van der Waals surface area (Å²) in [7, 11) is 0. The molecule has 0 rings (SSSR count). The third kappa shape index (κ3) is 4.13. The van der Waals surface area contributed by atoms with Gasteiger partial charge >= 0.3 is 0 Å². The molecule has 0 aromatic rings. The van der Waals surface area contributed by atoms with Gasteiger partial charge in [-0.2, -0.15) is 0 Å². The molecule has 4 nitrogen and oxygen atoms in total. The summed E-state index contributed by atoms with van der Waals surface area (Å²) in [4.78, 5) is 21.2. The van der Waals surface area contributed by atoms with E-state index in [1.54, 1.807) is 6.92 Å². The van der Waals surface area contributed by atoms with Crippen LogP contribution in [0.4, 0.5) is 0 Å². The Morgan fingerprint density at radius 3 is 2.45 bits per heavy atom. The van der Waals surface area contributed by atoms with Crippen LogP contribution in [0.5, 0.6) is 0 Å². The molecule has 0 saturated heterocycles. The summed E-state index contributed by atoms with van der Waals surface area (Å²) in [5.41, 5.74) is 5.15. The second-order valence-corrected chi connectivity index (χ2v) is 2.09. The van der Waals surface area contributed by atoms with Crippen LogP contribution < -0.4 is 11.1 Å². The Bertz CT molecular complexity index is 197. The molecule has 3 N–H and O–H groups in total. The molecule has 0 atom stereocenters. The molecule has 2 amide bonds. The Kier molecular flexibility index (Phi) is 3.95. The molecular formula is C7H12N2O2. The summed E-state index contributed by atoms with van der Waals surface area (Å²) in [6.07, 6.45) is 1.19. The highest BCUT2D eigenvalue weighted by Crippen LogP contribution is 1.88. The van der Waals surface area contributed by atoms with E-state index in [-0.39, 0.29) is 11.5 Å². The minimum absolute atomic E-state index is 0.260. The van der Waals surface area contributed by atoms with Crippen LogP contribution in [0.1, 0.15) is 13.8 Å². The number of primary amides is 1. The number of rotatable bonds is 3. The zero-order valence-electron chi connectivity index (χ0n) is 6.68. The van der Waals surface area contributed by atoms with Crippen molar-refractivity contribution in [2.45, 2.75) is 13.8 Å². The number of nitrogens with one attached hydrogen (secondary N) is 1. The lowest BCUT2D eigenvalue weighted by Crippen LogP contribution is -2.22. The van der Waals surface area contributed by atoms with Crippen LogP contribution in [-0.4, -0.2) is 18.4 Å². The Morgan fingerprint density at radius 2 is 2.09 bits per heavy atom. The molecule has 0 fully saturated rings. The van der Waals surface area contributed by atoms with Crippen LogP contribution in [0.25, 0.3) is 0 Å². The van der Waals surface area contributed by atoms with Crippen molar-refractivity contribution in [3.63, 3.8) is 0 Å². The highest BCUT2D eigenvalue weighted by Gasteiger charge is 1.99. The lowest BCUT2D eigenvalue weighted by molar-refractivity contribution is -0.118. The van der Waals surface area contributed by atoms with E-state index in [4.69, 9.17) is 5.73 Å². The molecule has 0 saturated carbocycles. The number of likely N-dealkylation sites (N-methyl/N-ethyl adjacent to an activating group) is 1. The molecule has 0 spiro atoms. The zero-order chi connectivity index (χ0) is 8.85. The van der Waals surface area contributed by atoms with Gasteiger partial charge in [0.1, 0.15) is 0 Å². The molecule has 0 radical (unpaired) electrons. The number of carbonyl (C=O) groups is 2. The fourth-order valence-electron chi connectivity index (χ4n) is 0.493. The van der Waals surface area contributed by atoms with Crippen LogP contribution in [0.15, 0.2) is 11.6 Å². The van der Waals surface area contributed by atoms with Crippen LogP contribution in [0.3, 0.4) is 0 Å². The molecule has 62 valence electrons. The third-order valence-electron chi connectivity index (χ3n) is 1.09. The summed E-state index contributed by atoms with van der Waals surface area (Å²) in [6, 6.07) is 0. The molecule has 0 heterocycles. The molecule has 11 heavy (non-hydrogen) atoms. The molecule has 0 aliphatic heterocycles. The quantitative estimate of drug-likeness (QED) is 0.543. The maximum absolute atomic E-state index is 10.8. The second-order valence-electron chi connectivity index (χ2n) is 2.09. The van der Waals surface area contributed by atoms with Gasteiger partial charge in [-0.3, -0.25) is 9.59 Å². The van der Waals surface area contributed by atoms with Crippen molar-refractivity contribution in [3.05, 3.63) is 11.6 Å². The Hall–Kier alpha value is -1.32. The first-order valence-corrected chi connectivity index (χ1v) is 3.33. The van der Waals surface area contributed by atoms with E-state index in [0.717, 1.165) is 0 Å². The minimum Gasteiger partial charge on any atom is -0.366 e. The predicted molar refractivity (Wildman–Crippen MR) is 41.6 cm³/mol. The standard InChI is InChI=1S/C7H12N2O2/c1-3-9-6(10)4-5(2)7(8)11/h4H,3H2,1-2H3,(H2,8,11)(H,9,10)/b5-4+. The van der Waals surface area contributed by atoms with E-state index in [9.17, 15) is 9.59 Å². The predicted octanol–water partition coefficient (Wildman–Crippen LogP) is -0.446. The van der Waals surface area contributed by atoms with Crippen LogP contribution in [0, 0.1) is 0 Å². The van der Waals surface area contributed by atoms with E-state index >= 15 is 0 Å². The highest BCUT2D eigenvalue weighted by atomic mass is 16.2. The summed E-state index contributed by atoms with van der Waals surface area (Å²) < 4.78 is 0. The first-order chi connectivity index (χ1) is 5.07. The van der Waals surface area contributed by atoms with Gasteiger partial charge in [-0.15, -0.1) is 0 Å². The highest BCUT2D eigenvalue weighted by molar-refractivity contribution is 5.99. The fourth-order valence-corrected chi connectivity index (χ4v) is 0.493. The van der Waals surface area contributed by atoms with Gasteiger partial charge in [0.05, 0.1) is 0 Å². The van der Waals surface area contributed by atoms with Gasteiger partial charge in [-0.25, -0.2) is 0 Å². The van der Waals surface area contributed by atoms with Crippen molar-refractivity contribution >= 4 is 11.8 Å². The lowest BCUT2D eigenvalue weighted by atomic mass is 10.2. The molecule has 0 bridgehead atoms. The maximum atomic E-state index is 10.8. The molecule has 0 unspecified atom stereocenters. The maximum Gasteiger partial charge on any atom is 0.244 e. The van der Waals surface area contributed by atoms with Crippen molar-refractivity contribution in [1.82, 2.24) is 5.32 Å². The average Bonchev–Trinajstić information content (AvgIpc) is 1.87. The van der Waals surface area contributed by atoms with Gasteiger partial charge in [0.25, 0.3) is 0 Å². The molecule has 0 aromatic heterocycles. The van der Waals surface area contributed by atoms with Gasteiger partial charge in [0, 0.05) is 18.2 Å². The first-order valence-electron chi connectivity index (χ1n) is 3.33. The molecule has 0 aromatic carbocycles. The van der Waals surface area contributed by atoms with Gasteiger partial charge in [0.15, 0.2) is 0 Å². The fraction of sp³-hybridized carbons (Fsp3) is 0.429. The van der Waals surface area contributed by atoms with E-state index in [0.29, 0.717) is 6.54 Å². The monoisotopic (exact) mass is 156 g/mol. The number of carbonyl (C=O) groups excluding carboxylic acids is 2. The summed E-state index contributed by atoms with van der Waals surface area (Å²) >= 11 is 0. The van der Waals surface area contributed by atoms with E-state index in [1.165, 1.54) is 13.0 Å². The van der Waals surface area contributed by atoms with E-state index < -0.39 is 5.91 Å². The SMILES string of the molecule is CCNC(=O)/C=C(\C)C(N)=O. The van der Waals surface area contributed by atoms with Crippen LogP contribution in [-0.2, 0) is 9.59 Å². The minimum atomic E-state index is -0.573. The summed E-state index contributed by atoms with van der Waals surface area (Å²) in [6.45, 7) is 3.84. The van der Waals surface area contributed by atoms with Gasteiger partial charge in [-0.05, 0) is 13.8 Å². The van der Waals surface area contributed by atoms with Crippen molar-refractivity contribution in [2.24, 2.45) is 5.73 Å². The Balaban J connectivity index is 4.08. The topological polar surface area (TPSA) is 72.2 Å². The van der Waals surface area contributed by atoms with Gasteiger partial charge < -0.3 is 11.1 Å². The summed E-state index contributed by atoms with van der Waals surface area (Å²) in [5.74, 6) is -0.861. The molecular weight excluding hydrogens is 144 g/mol. The largest absolute Gasteiger partial charge is 0.366 e. The molecule has 0 aliphatic carbocycles. The Morgan fingerprint density at radius 1 is 1.55 bits per heavy atom. The number of amides is 2. The molecule has 0 aliphatic rings. The van der Waals surface area contributed by atoms with Crippen LogP contribution in [0.2, 0.25) is 0 Å². The molecule has 4 heteroatoms. The van der Waals surface area contributed by atoms with Crippen molar-refractivity contribution < 1.29 is 9.59 Å². The van der Waals surface area contributed by atoms with Crippen molar-refractivity contribution in [3.8, 4) is 0 Å². The first kappa shape index (κ1) is 9.68. The van der Waals surface area contributed by atoms with Crippen molar-refractivity contribution in [1.29, 1.82) is 0 Å². The van der Waals surface area contributed by atoms with E-state index in [1.807, 2.05) is 0 Å². The Labute approximate surface area is 65.5 Å². The van der Waals surface area contributed by atoms with Gasteiger partial charge in [-0.1, -0.05) is 0 Å². The summed E-state index contributed by atoms with van der Waals surface area (Å²) in [5, 5.41) is 2.51. The second kappa shape index (κ2) is 4.49. The average molecular weight is 156 g/mol.